The molecule has 0 aromatic carbocycles. The van der Waals surface area contributed by atoms with Crippen LogP contribution in [0.3, 0.4) is 0 Å². The summed E-state index contributed by atoms with van der Waals surface area (Å²) in [5.74, 6) is 0.555. The molecule has 2 aliphatic heterocycles. The molecular weight excluding hydrogens is 304 g/mol. The van der Waals surface area contributed by atoms with E-state index in [2.05, 4.69) is 36.0 Å². The van der Waals surface area contributed by atoms with Crippen LogP contribution in [0.4, 0.5) is 4.79 Å². The second-order valence-electron chi connectivity index (χ2n) is 7.87. The Balaban J connectivity index is 1.38. The fourth-order valence-electron chi connectivity index (χ4n) is 3.53. The highest BCUT2D eigenvalue weighted by molar-refractivity contribution is 5.75. The number of rotatable bonds is 5. The Bertz CT molecular complexity index is 529. The summed E-state index contributed by atoms with van der Waals surface area (Å²) < 4.78 is 5.10. The van der Waals surface area contributed by atoms with Crippen LogP contribution in [0.1, 0.15) is 19.4 Å². The number of hydrogen-bond acceptors (Lipinski definition) is 4. The minimum absolute atomic E-state index is 0.00200. The Hall–Kier alpha value is -1.53. The van der Waals surface area contributed by atoms with E-state index in [0.717, 1.165) is 45.7 Å². The quantitative estimate of drug-likeness (QED) is 0.886. The zero-order valence-electron chi connectivity index (χ0n) is 15.1. The Labute approximate surface area is 144 Å². The van der Waals surface area contributed by atoms with Gasteiger partial charge < -0.3 is 19.5 Å². The molecule has 0 radical (unpaired) electrons. The van der Waals surface area contributed by atoms with Crippen LogP contribution in [-0.2, 0) is 6.42 Å². The number of nitrogens with zero attached hydrogens (tertiary/aromatic N) is 3. The molecule has 0 unspecified atom stereocenters. The number of amides is 2. The van der Waals surface area contributed by atoms with E-state index in [1.807, 2.05) is 11.0 Å². The average Bonchev–Trinajstić information content (AvgIpc) is 3.02. The lowest BCUT2D eigenvalue weighted by molar-refractivity contribution is 0.0596. The molecule has 1 N–H and O–H groups in total. The molecule has 0 atom stereocenters. The lowest BCUT2D eigenvalue weighted by atomic mass is 9.94. The lowest BCUT2D eigenvalue weighted by Gasteiger charge is -2.44. The predicted molar refractivity (Wildman–Crippen MR) is 94.0 cm³/mol. The topological polar surface area (TPSA) is 52.0 Å². The average molecular weight is 334 g/mol. The number of carbonyl (C=O) groups is 1. The van der Waals surface area contributed by atoms with E-state index in [1.54, 1.807) is 12.5 Å². The third-order valence-corrected chi connectivity index (χ3v) is 5.38. The van der Waals surface area contributed by atoms with Crippen LogP contribution in [0.15, 0.2) is 23.0 Å². The van der Waals surface area contributed by atoms with Crippen molar-refractivity contribution in [1.29, 1.82) is 0 Å². The maximum Gasteiger partial charge on any atom is 0.317 e. The van der Waals surface area contributed by atoms with Crippen molar-refractivity contribution in [3.63, 3.8) is 0 Å². The van der Waals surface area contributed by atoms with Gasteiger partial charge in [0.1, 0.15) is 0 Å². The number of likely N-dealkylation sites (N-methyl/N-ethyl adjacent to an activating group) is 1. The molecule has 0 aliphatic carbocycles. The van der Waals surface area contributed by atoms with Crippen LogP contribution < -0.4 is 5.32 Å². The van der Waals surface area contributed by atoms with Gasteiger partial charge in [-0.3, -0.25) is 4.90 Å². The van der Waals surface area contributed by atoms with Gasteiger partial charge in [0.15, 0.2) is 0 Å². The molecule has 1 aromatic heterocycles. The van der Waals surface area contributed by atoms with Crippen LogP contribution in [0, 0.1) is 5.92 Å². The van der Waals surface area contributed by atoms with Crippen LogP contribution in [0.5, 0.6) is 0 Å². The first-order valence-electron chi connectivity index (χ1n) is 8.91. The highest BCUT2D eigenvalue weighted by atomic mass is 16.3. The summed E-state index contributed by atoms with van der Waals surface area (Å²) in [4.78, 5) is 19.1. The molecule has 0 saturated carbocycles. The van der Waals surface area contributed by atoms with Gasteiger partial charge in [-0.05, 0) is 44.9 Å². The van der Waals surface area contributed by atoms with Crippen molar-refractivity contribution in [2.24, 2.45) is 5.92 Å². The highest BCUT2D eigenvalue weighted by Gasteiger charge is 2.33. The zero-order valence-corrected chi connectivity index (χ0v) is 15.1. The summed E-state index contributed by atoms with van der Waals surface area (Å²) in [5.41, 5.74) is 1.22. The molecule has 0 spiro atoms. The van der Waals surface area contributed by atoms with Gasteiger partial charge in [0.05, 0.1) is 12.5 Å². The summed E-state index contributed by atoms with van der Waals surface area (Å²) >= 11 is 0. The van der Waals surface area contributed by atoms with E-state index in [0.29, 0.717) is 12.5 Å². The number of urea groups is 1. The van der Waals surface area contributed by atoms with Crippen molar-refractivity contribution in [1.82, 2.24) is 20.0 Å². The van der Waals surface area contributed by atoms with Crippen LogP contribution in [-0.4, -0.2) is 79.1 Å². The molecule has 24 heavy (non-hydrogen) atoms. The smallest absolute Gasteiger partial charge is 0.317 e. The van der Waals surface area contributed by atoms with Crippen molar-refractivity contribution in [2.45, 2.75) is 25.8 Å². The van der Waals surface area contributed by atoms with Crippen molar-refractivity contribution in [2.75, 3.05) is 52.9 Å². The normalized spacial score (nSPS) is 20.9. The molecule has 0 bridgehead atoms. The molecular formula is C18H30N4O2. The summed E-state index contributed by atoms with van der Waals surface area (Å²) in [6.07, 6.45) is 4.49. The SMILES string of the molecule is CN1CCN(C(C)(C)CNC(=O)N2CC(Cc3ccoc3)C2)CC1. The molecule has 2 amide bonds. The van der Waals surface area contributed by atoms with Gasteiger partial charge in [0.25, 0.3) is 0 Å². The Morgan fingerprint density at radius 3 is 2.62 bits per heavy atom. The summed E-state index contributed by atoms with van der Waals surface area (Å²) in [7, 11) is 2.16. The van der Waals surface area contributed by atoms with E-state index in [-0.39, 0.29) is 11.6 Å². The van der Waals surface area contributed by atoms with Gasteiger partial charge >= 0.3 is 6.03 Å². The molecule has 3 rings (SSSR count). The summed E-state index contributed by atoms with van der Waals surface area (Å²) in [6, 6.07) is 2.07. The van der Waals surface area contributed by atoms with Crippen LogP contribution in [0.25, 0.3) is 0 Å². The molecule has 134 valence electrons. The Kier molecular flexibility index (Phi) is 5.15. The van der Waals surface area contributed by atoms with Crippen molar-refractivity contribution in [3.8, 4) is 0 Å². The zero-order chi connectivity index (χ0) is 17.2. The summed E-state index contributed by atoms with van der Waals surface area (Å²) in [5, 5.41) is 3.13. The molecule has 2 saturated heterocycles. The van der Waals surface area contributed by atoms with Crippen molar-refractivity contribution >= 4 is 6.03 Å². The van der Waals surface area contributed by atoms with Gasteiger partial charge in [0.2, 0.25) is 0 Å². The molecule has 6 nitrogen and oxygen atoms in total. The number of piperazine rings is 1. The molecule has 1 aromatic rings. The molecule has 3 heterocycles. The van der Waals surface area contributed by atoms with Gasteiger partial charge in [-0.2, -0.15) is 0 Å². The number of carbonyl (C=O) groups excluding carboxylic acids is 1. The molecule has 2 fully saturated rings. The molecule has 2 aliphatic rings. The fraction of sp³-hybridized carbons (Fsp3) is 0.722. The second kappa shape index (κ2) is 7.15. The maximum atomic E-state index is 12.3. The van der Waals surface area contributed by atoms with E-state index in [1.165, 1.54) is 5.56 Å². The minimum atomic E-state index is -0.00200. The first-order chi connectivity index (χ1) is 11.4. The van der Waals surface area contributed by atoms with Crippen molar-refractivity contribution in [3.05, 3.63) is 24.2 Å². The van der Waals surface area contributed by atoms with E-state index in [9.17, 15) is 4.79 Å². The third-order valence-electron chi connectivity index (χ3n) is 5.38. The van der Waals surface area contributed by atoms with Gasteiger partial charge in [-0.1, -0.05) is 0 Å². The van der Waals surface area contributed by atoms with E-state index >= 15 is 0 Å². The van der Waals surface area contributed by atoms with Crippen molar-refractivity contribution < 1.29 is 9.21 Å². The number of hydrogen-bond donors (Lipinski definition) is 1. The fourth-order valence-corrected chi connectivity index (χ4v) is 3.53. The van der Waals surface area contributed by atoms with Gasteiger partial charge in [0, 0.05) is 51.4 Å². The number of furan rings is 1. The number of likely N-dealkylation sites (tertiary alicyclic amines) is 1. The van der Waals surface area contributed by atoms with Gasteiger partial charge in [-0.25, -0.2) is 4.79 Å². The number of nitrogens with one attached hydrogen (secondary N) is 1. The Morgan fingerprint density at radius 1 is 1.29 bits per heavy atom. The van der Waals surface area contributed by atoms with Gasteiger partial charge in [-0.15, -0.1) is 0 Å². The van der Waals surface area contributed by atoms with Crippen LogP contribution in [0.2, 0.25) is 0 Å². The minimum Gasteiger partial charge on any atom is -0.472 e. The monoisotopic (exact) mass is 334 g/mol. The first kappa shape index (κ1) is 17.3. The highest BCUT2D eigenvalue weighted by Crippen LogP contribution is 2.21. The standard InChI is InChI=1S/C18H30N4O2/c1-18(2,22-7-5-20(3)6-8-22)14-19-17(23)21-11-16(12-21)10-15-4-9-24-13-15/h4,9,13,16H,5-8,10-12,14H2,1-3H3,(H,19,23). The lowest BCUT2D eigenvalue weighted by Crippen LogP contribution is -2.60. The Morgan fingerprint density at radius 2 is 2.00 bits per heavy atom. The first-order valence-corrected chi connectivity index (χ1v) is 8.91. The van der Waals surface area contributed by atoms with E-state index < -0.39 is 0 Å². The molecule has 6 heteroatoms. The maximum absolute atomic E-state index is 12.3. The predicted octanol–water partition coefficient (Wildman–Crippen LogP) is 1.49. The van der Waals surface area contributed by atoms with Crippen LogP contribution >= 0.6 is 0 Å². The third kappa shape index (κ3) is 4.11. The largest absolute Gasteiger partial charge is 0.472 e. The second-order valence-corrected chi connectivity index (χ2v) is 7.87. The van der Waals surface area contributed by atoms with E-state index in [4.69, 9.17) is 4.42 Å². The summed E-state index contributed by atoms with van der Waals surface area (Å²) in [6.45, 7) is 11.1.